The predicted octanol–water partition coefficient (Wildman–Crippen LogP) is 2.17. The Morgan fingerprint density at radius 1 is 0.960 bits per heavy atom. The van der Waals surface area contributed by atoms with Gasteiger partial charge in [0, 0.05) is 30.4 Å². The first-order chi connectivity index (χ1) is 12.2. The van der Waals surface area contributed by atoms with Gasteiger partial charge in [-0.2, -0.15) is 0 Å². The Bertz CT molecular complexity index is 1060. The summed E-state index contributed by atoms with van der Waals surface area (Å²) in [7, 11) is 0. The number of hydrogen-bond acceptors (Lipinski definition) is 6. The van der Waals surface area contributed by atoms with Gasteiger partial charge in [-0.25, -0.2) is 15.0 Å². The van der Waals surface area contributed by atoms with E-state index in [1.807, 2.05) is 6.92 Å². The van der Waals surface area contributed by atoms with Gasteiger partial charge in [0.15, 0.2) is 0 Å². The molecule has 0 bridgehead atoms. The summed E-state index contributed by atoms with van der Waals surface area (Å²) in [5, 5.41) is 2.77. The van der Waals surface area contributed by atoms with Crippen LogP contribution in [0.3, 0.4) is 0 Å². The molecule has 0 fully saturated rings. The molecule has 0 saturated heterocycles. The first-order valence-electron chi connectivity index (χ1n) is 7.55. The Morgan fingerprint density at radius 2 is 1.72 bits per heavy atom. The van der Waals surface area contributed by atoms with Gasteiger partial charge >= 0.3 is 0 Å². The SMILES string of the molecule is Cc1nccn1-c1ncc(NC(=O)c2ccc3nccnc3c2)cn1. The van der Waals surface area contributed by atoms with Crippen LogP contribution in [0.4, 0.5) is 5.69 Å². The van der Waals surface area contributed by atoms with Crippen molar-refractivity contribution in [2.45, 2.75) is 6.92 Å². The number of benzene rings is 1. The molecule has 0 aliphatic heterocycles. The largest absolute Gasteiger partial charge is 0.319 e. The van der Waals surface area contributed by atoms with Crippen LogP contribution in [0, 0.1) is 6.92 Å². The molecule has 4 rings (SSSR count). The molecule has 122 valence electrons. The van der Waals surface area contributed by atoms with Crippen molar-refractivity contribution >= 4 is 22.6 Å². The van der Waals surface area contributed by atoms with Gasteiger partial charge in [-0.15, -0.1) is 0 Å². The molecule has 25 heavy (non-hydrogen) atoms. The first-order valence-corrected chi connectivity index (χ1v) is 7.55. The van der Waals surface area contributed by atoms with Gasteiger partial charge in [0.2, 0.25) is 5.95 Å². The van der Waals surface area contributed by atoms with E-state index in [1.165, 1.54) is 0 Å². The second kappa shape index (κ2) is 6.08. The fraction of sp³-hybridized carbons (Fsp3) is 0.0588. The lowest BCUT2D eigenvalue weighted by Gasteiger charge is -2.07. The van der Waals surface area contributed by atoms with E-state index in [-0.39, 0.29) is 5.91 Å². The van der Waals surface area contributed by atoms with E-state index in [0.717, 1.165) is 11.3 Å². The van der Waals surface area contributed by atoms with Crippen molar-refractivity contribution in [1.82, 2.24) is 29.5 Å². The van der Waals surface area contributed by atoms with E-state index in [1.54, 1.807) is 59.9 Å². The van der Waals surface area contributed by atoms with Crippen molar-refractivity contribution < 1.29 is 4.79 Å². The van der Waals surface area contributed by atoms with Crippen LogP contribution in [0.2, 0.25) is 0 Å². The maximum atomic E-state index is 12.4. The third kappa shape index (κ3) is 2.92. The lowest BCUT2D eigenvalue weighted by atomic mass is 10.2. The minimum Gasteiger partial charge on any atom is -0.319 e. The normalized spacial score (nSPS) is 10.8. The molecule has 8 nitrogen and oxygen atoms in total. The predicted molar refractivity (Wildman–Crippen MR) is 91.4 cm³/mol. The highest BCUT2D eigenvalue weighted by atomic mass is 16.1. The minimum absolute atomic E-state index is 0.261. The quantitative estimate of drug-likeness (QED) is 0.618. The first kappa shape index (κ1) is 14.9. The molecule has 8 heteroatoms. The lowest BCUT2D eigenvalue weighted by molar-refractivity contribution is 0.102. The summed E-state index contributed by atoms with van der Waals surface area (Å²) in [5.41, 5.74) is 2.40. The van der Waals surface area contributed by atoms with Gasteiger partial charge in [0.25, 0.3) is 5.91 Å². The Morgan fingerprint density at radius 3 is 2.44 bits per heavy atom. The highest BCUT2D eigenvalue weighted by molar-refractivity contribution is 6.05. The Balaban J connectivity index is 1.54. The van der Waals surface area contributed by atoms with E-state index in [0.29, 0.717) is 22.7 Å². The van der Waals surface area contributed by atoms with Crippen LogP contribution in [-0.4, -0.2) is 35.4 Å². The third-order valence-electron chi connectivity index (χ3n) is 3.67. The smallest absolute Gasteiger partial charge is 0.255 e. The molecule has 0 saturated carbocycles. The van der Waals surface area contributed by atoms with E-state index >= 15 is 0 Å². The van der Waals surface area contributed by atoms with Crippen molar-refractivity contribution in [3.05, 3.63) is 66.8 Å². The average Bonchev–Trinajstić information content (AvgIpc) is 3.08. The monoisotopic (exact) mass is 331 g/mol. The summed E-state index contributed by atoms with van der Waals surface area (Å²) in [4.78, 5) is 33.4. The minimum atomic E-state index is -0.261. The molecule has 1 aromatic carbocycles. The molecule has 0 aliphatic rings. The lowest BCUT2D eigenvalue weighted by Crippen LogP contribution is -2.13. The van der Waals surface area contributed by atoms with Gasteiger partial charge in [0.1, 0.15) is 5.82 Å². The molecular weight excluding hydrogens is 318 g/mol. The fourth-order valence-electron chi connectivity index (χ4n) is 2.41. The summed E-state index contributed by atoms with van der Waals surface area (Å²) in [6.45, 7) is 1.86. The molecule has 0 spiro atoms. The molecule has 0 radical (unpaired) electrons. The summed E-state index contributed by atoms with van der Waals surface area (Å²) in [5.74, 6) is 1.02. The van der Waals surface area contributed by atoms with Gasteiger partial charge < -0.3 is 5.32 Å². The summed E-state index contributed by atoms with van der Waals surface area (Å²) < 4.78 is 1.76. The summed E-state index contributed by atoms with van der Waals surface area (Å²) >= 11 is 0. The van der Waals surface area contributed by atoms with Crippen molar-refractivity contribution in [3.8, 4) is 5.95 Å². The number of aryl methyl sites for hydroxylation is 1. The van der Waals surface area contributed by atoms with Gasteiger partial charge in [0.05, 0.1) is 29.1 Å². The zero-order chi connectivity index (χ0) is 17.2. The Kier molecular flexibility index (Phi) is 3.62. The molecule has 1 amide bonds. The number of nitrogens with one attached hydrogen (secondary N) is 1. The van der Waals surface area contributed by atoms with Crippen molar-refractivity contribution in [2.24, 2.45) is 0 Å². The second-order valence-corrected chi connectivity index (χ2v) is 5.33. The van der Waals surface area contributed by atoms with Crippen LogP contribution in [0.1, 0.15) is 16.2 Å². The van der Waals surface area contributed by atoms with Crippen LogP contribution in [0.15, 0.2) is 55.4 Å². The van der Waals surface area contributed by atoms with Crippen LogP contribution >= 0.6 is 0 Å². The Labute approximate surface area is 142 Å². The van der Waals surface area contributed by atoms with E-state index in [4.69, 9.17) is 0 Å². The second-order valence-electron chi connectivity index (χ2n) is 5.33. The van der Waals surface area contributed by atoms with Crippen LogP contribution in [0.5, 0.6) is 0 Å². The molecule has 3 heterocycles. The standard InChI is InChI=1S/C17H13N7O/c1-11-18-6-7-24(11)17-21-9-13(10-22-17)23-16(25)12-2-3-14-15(8-12)20-5-4-19-14/h2-10H,1H3,(H,23,25). The van der Waals surface area contributed by atoms with Crippen molar-refractivity contribution in [2.75, 3.05) is 5.32 Å². The Hall–Kier alpha value is -3.68. The maximum absolute atomic E-state index is 12.4. The van der Waals surface area contributed by atoms with E-state index < -0.39 is 0 Å². The summed E-state index contributed by atoms with van der Waals surface area (Å²) in [6.07, 6.45) is 9.77. The van der Waals surface area contributed by atoms with Gasteiger partial charge in [-0.1, -0.05) is 0 Å². The molecule has 3 aromatic heterocycles. The number of hydrogen-bond donors (Lipinski definition) is 1. The average molecular weight is 331 g/mol. The third-order valence-corrected chi connectivity index (χ3v) is 3.67. The fourth-order valence-corrected chi connectivity index (χ4v) is 2.41. The van der Waals surface area contributed by atoms with Gasteiger partial charge in [-0.3, -0.25) is 19.3 Å². The van der Waals surface area contributed by atoms with Gasteiger partial charge in [-0.05, 0) is 25.1 Å². The number of rotatable bonds is 3. The number of imidazole rings is 1. The van der Waals surface area contributed by atoms with Crippen LogP contribution in [-0.2, 0) is 0 Å². The topological polar surface area (TPSA) is 98.5 Å². The number of fused-ring (bicyclic) bond motifs is 1. The summed E-state index contributed by atoms with van der Waals surface area (Å²) in [6, 6.07) is 5.16. The number of carbonyl (C=O) groups is 1. The van der Waals surface area contributed by atoms with Crippen LogP contribution in [0.25, 0.3) is 17.0 Å². The number of nitrogens with zero attached hydrogens (tertiary/aromatic N) is 6. The highest BCUT2D eigenvalue weighted by Crippen LogP contribution is 2.13. The molecule has 1 N–H and O–H groups in total. The molecule has 4 aromatic rings. The number of carbonyl (C=O) groups excluding carboxylic acids is 1. The highest BCUT2D eigenvalue weighted by Gasteiger charge is 2.09. The molecule has 0 atom stereocenters. The van der Waals surface area contributed by atoms with Crippen LogP contribution < -0.4 is 5.32 Å². The maximum Gasteiger partial charge on any atom is 0.255 e. The van der Waals surface area contributed by atoms with E-state index in [9.17, 15) is 4.79 Å². The number of aromatic nitrogens is 6. The molecule has 0 aliphatic carbocycles. The zero-order valence-corrected chi connectivity index (χ0v) is 13.3. The van der Waals surface area contributed by atoms with Crippen molar-refractivity contribution in [3.63, 3.8) is 0 Å². The number of anilines is 1. The van der Waals surface area contributed by atoms with Crippen molar-refractivity contribution in [1.29, 1.82) is 0 Å². The molecular formula is C17H13N7O. The van der Waals surface area contributed by atoms with E-state index in [2.05, 4.69) is 30.2 Å². The number of amides is 1. The molecule has 0 unspecified atom stereocenters. The zero-order valence-electron chi connectivity index (χ0n) is 13.3.